The van der Waals surface area contributed by atoms with E-state index in [1.54, 1.807) is 25.4 Å². The van der Waals surface area contributed by atoms with Crippen molar-refractivity contribution in [3.63, 3.8) is 0 Å². The van der Waals surface area contributed by atoms with Gasteiger partial charge in [0.1, 0.15) is 11.6 Å². The number of pyridine rings is 1. The van der Waals surface area contributed by atoms with Crippen LogP contribution in [0.25, 0.3) is 0 Å². The first kappa shape index (κ1) is 10.2. The monoisotopic (exact) mass is 218 g/mol. The molecule has 0 aromatic carbocycles. The van der Waals surface area contributed by atoms with E-state index in [4.69, 9.17) is 0 Å². The molecule has 6 heteroatoms. The fraction of sp³-hybridized carbons (Fsp3) is 0.100. The van der Waals surface area contributed by atoms with E-state index in [0.717, 1.165) is 0 Å². The third-order valence-electron chi connectivity index (χ3n) is 2.06. The Morgan fingerprint density at radius 2 is 2.25 bits per heavy atom. The summed E-state index contributed by atoms with van der Waals surface area (Å²) in [6.45, 7) is 0. The zero-order chi connectivity index (χ0) is 11.5. The van der Waals surface area contributed by atoms with E-state index in [-0.39, 0.29) is 11.4 Å². The van der Waals surface area contributed by atoms with E-state index in [2.05, 4.69) is 15.4 Å². The van der Waals surface area contributed by atoms with Gasteiger partial charge in [-0.05, 0) is 12.1 Å². The highest BCUT2D eigenvalue weighted by molar-refractivity contribution is 6.04. The first-order valence-corrected chi connectivity index (χ1v) is 4.62. The van der Waals surface area contributed by atoms with Gasteiger partial charge in [0, 0.05) is 19.3 Å². The molecule has 82 valence electrons. The lowest BCUT2D eigenvalue weighted by Gasteiger charge is -2.05. The van der Waals surface area contributed by atoms with Crippen molar-refractivity contribution in [2.24, 2.45) is 7.05 Å². The predicted molar refractivity (Wildman–Crippen MR) is 57.1 cm³/mol. The fourth-order valence-corrected chi connectivity index (χ4v) is 1.24. The molecule has 0 atom stereocenters. The first-order valence-electron chi connectivity index (χ1n) is 4.62. The minimum atomic E-state index is -0.471. The summed E-state index contributed by atoms with van der Waals surface area (Å²) in [5, 5.41) is 15.9. The first-order chi connectivity index (χ1) is 7.68. The Hall–Kier alpha value is -2.37. The molecule has 2 aromatic rings. The van der Waals surface area contributed by atoms with Gasteiger partial charge in [0.25, 0.3) is 5.91 Å². The second-order valence-corrected chi connectivity index (χ2v) is 3.17. The highest BCUT2D eigenvalue weighted by atomic mass is 16.3. The van der Waals surface area contributed by atoms with E-state index >= 15 is 0 Å². The Labute approximate surface area is 91.6 Å². The van der Waals surface area contributed by atoms with Gasteiger partial charge in [-0.25, -0.2) is 4.98 Å². The van der Waals surface area contributed by atoms with Crippen LogP contribution in [-0.4, -0.2) is 25.8 Å². The number of anilines is 1. The van der Waals surface area contributed by atoms with Crippen molar-refractivity contribution in [3.8, 4) is 5.75 Å². The topological polar surface area (TPSA) is 80.0 Å². The molecule has 2 N–H and O–H groups in total. The van der Waals surface area contributed by atoms with Crippen LogP contribution in [-0.2, 0) is 7.05 Å². The number of rotatable bonds is 2. The number of aromatic nitrogens is 3. The molecular weight excluding hydrogens is 208 g/mol. The molecule has 0 aliphatic rings. The second-order valence-electron chi connectivity index (χ2n) is 3.17. The van der Waals surface area contributed by atoms with E-state index in [9.17, 15) is 9.90 Å². The molecule has 6 nitrogen and oxygen atoms in total. The van der Waals surface area contributed by atoms with Gasteiger partial charge >= 0.3 is 0 Å². The van der Waals surface area contributed by atoms with Crippen molar-refractivity contribution >= 4 is 11.7 Å². The summed E-state index contributed by atoms with van der Waals surface area (Å²) in [6.07, 6.45) is 3.01. The molecule has 0 spiro atoms. The van der Waals surface area contributed by atoms with Crippen molar-refractivity contribution in [1.29, 1.82) is 0 Å². The summed E-state index contributed by atoms with van der Waals surface area (Å²) >= 11 is 0. The van der Waals surface area contributed by atoms with Gasteiger partial charge in [0.2, 0.25) is 0 Å². The Balaban J connectivity index is 2.22. The molecule has 0 saturated carbocycles. The summed E-state index contributed by atoms with van der Waals surface area (Å²) in [7, 11) is 1.70. The summed E-state index contributed by atoms with van der Waals surface area (Å²) in [5.41, 5.74) is -0.0105. The number of hydrogen-bond acceptors (Lipinski definition) is 4. The third kappa shape index (κ3) is 1.85. The maximum Gasteiger partial charge on any atom is 0.279 e. The van der Waals surface area contributed by atoms with E-state index in [1.807, 2.05) is 0 Å². The summed E-state index contributed by atoms with van der Waals surface area (Å²) in [5.74, 6) is -0.0843. The molecule has 0 radical (unpaired) electrons. The molecule has 0 aliphatic heterocycles. The number of carbonyl (C=O) groups excluding carboxylic acids is 1. The Morgan fingerprint density at radius 3 is 2.88 bits per heavy atom. The fourth-order valence-electron chi connectivity index (χ4n) is 1.24. The molecule has 0 saturated heterocycles. The van der Waals surface area contributed by atoms with Gasteiger partial charge in [-0.1, -0.05) is 0 Å². The highest BCUT2D eigenvalue weighted by Gasteiger charge is 2.13. The summed E-state index contributed by atoms with van der Waals surface area (Å²) < 4.78 is 1.51. The number of aromatic hydroxyl groups is 1. The molecule has 2 rings (SSSR count). The van der Waals surface area contributed by atoms with Crippen LogP contribution in [0.1, 0.15) is 10.5 Å². The molecule has 2 aromatic heterocycles. The number of carbonyl (C=O) groups is 1. The van der Waals surface area contributed by atoms with Gasteiger partial charge in [-0.15, -0.1) is 0 Å². The average molecular weight is 218 g/mol. The Kier molecular flexibility index (Phi) is 2.55. The zero-order valence-electron chi connectivity index (χ0n) is 8.58. The second kappa shape index (κ2) is 4.01. The minimum absolute atomic E-state index is 0.0105. The van der Waals surface area contributed by atoms with Gasteiger partial charge < -0.3 is 10.4 Å². The van der Waals surface area contributed by atoms with Crippen LogP contribution in [0, 0.1) is 0 Å². The maximum absolute atomic E-state index is 11.7. The lowest BCUT2D eigenvalue weighted by atomic mass is 10.3. The van der Waals surface area contributed by atoms with Gasteiger partial charge in [0.05, 0.1) is 6.20 Å². The van der Waals surface area contributed by atoms with Crippen LogP contribution in [0.15, 0.2) is 30.6 Å². The van der Waals surface area contributed by atoms with Crippen LogP contribution < -0.4 is 5.32 Å². The van der Waals surface area contributed by atoms with Crippen LogP contribution in [0.5, 0.6) is 5.75 Å². The normalized spacial score (nSPS) is 10.1. The van der Waals surface area contributed by atoms with Crippen LogP contribution in [0.3, 0.4) is 0 Å². The Bertz CT molecular complexity index is 521. The number of hydrogen-bond donors (Lipinski definition) is 2. The van der Waals surface area contributed by atoms with Gasteiger partial charge in [-0.3, -0.25) is 9.48 Å². The highest BCUT2D eigenvalue weighted by Crippen LogP contribution is 2.14. The van der Waals surface area contributed by atoms with E-state index in [0.29, 0.717) is 5.82 Å². The molecule has 0 aliphatic carbocycles. The molecule has 0 fully saturated rings. The summed E-state index contributed by atoms with van der Waals surface area (Å²) in [6, 6.07) is 4.61. The zero-order valence-corrected chi connectivity index (χ0v) is 8.58. The molecule has 0 unspecified atom stereocenters. The molecule has 1 amide bonds. The maximum atomic E-state index is 11.7. The number of amides is 1. The largest absolute Gasteiger partial charge is 0.505 e. The SMILES string of the molecule is Cn1nccc1NC(=O)c1ncccc1O. The average Bonchev–Trinajstić information content (AvgIpc) is 2.65. The number of nitrogens with one attached hydrogen (secondary N) is 1. The van der Waals surface area contributed by atoms with Gasteiger partial charge in [-0.2, -0.15) is 5.10 Å². The van der Waals surface area contributed by atoms with Crippen molar-refractivity contribution in [2.75, 3.05) is 5.32 Å². The third-order valence-corrected chi connectivity index (χ3v) is 2.06. The Morgan fingerprint density at radius 1 is 1.44 bits per heavy atom. The van der Waals surface area contributed by atoms with Gasteiger partial charge in [0.15, 0.2) is 5.69 Å². The van der Waals surface area contributed by atoms with Crippen molar-refractivity contribution in [1.82, 2.24) is 14.8 Å². The molecule has 16 heavy (non-hydrogen) atoms. The molecule has 2 heterocycles. The summed E-state index contributed by atoms with van der Waals surface area (Å²) in [4.78, 5) is 15.5. The van der Waals surface area contributed by atoms with Crippen molar-refractivity contribution in [3.05, 3.63) is 36.3 Å². The number of aryl methyl sites for hydroxylation is 1. The standard InChI is InChI=1S/C10H10N4O2/c1-14-8(4-6-12-14)13-10(16)9-7(15)3-2-5-11-9/h2-6,15H,1H3,(H,13,16). The van der Waals surface area contributed by atoms with E-state index in [1.165, 1.54) is 16.9 Å². The smallest absolute Gasteiger partial charge is 0.279 e. The predicted octanol–water partition coefficient (Wildman–Crippen LogP) is 0.773. The van der Waals surface area contributed by atoms with Crippen LogP contribution in [0.2, 0.25) is 0 Å². The minimum Gasteiger partial charge on any atom is -0.505 e. The van der Waals surface area contributed by atoms with Crippen LogP contribution in [0.4, 0.5) is 5.82 Å². The van der Waals surface area contributed by atoms with E-state index < -0.39 is 5.91 Å². The lowest BCUT2D eigenvalue weighted by Crippen LogP contribution is -2.16. The molecular formula is C10H10N4O2. The van der Waals surface area contributed by atoms with Crippen LogP contribution >= 0.6 is 0 Å². The number of nitrogens with zero attached hydrogens (tertiary/aromatic N) is 3. The quantitative estimate of drug-likeness (QED) is 0.780. The van der Waals surface area contributed by atoms with Crippen molar-refractivity contribution in [2.45, 2.75) is 0 Å². The lowest BCUT2D eigenvalue weighted by molar-refractivity contribution is 0.101. The van der Waals surface area contributed by atoms with Crippen molar-refractivity contribution < 1.29 is 9.90 Å². The molecule has 0 bridgehead atoms.